The van der Waals surface area contributed by atoms with Gasteiger partial charge in [0.2, 0.25) is 5.91 Å². The zero-order chi connectivity index (χ0) is 14.6. The van der Waals surface area contributed by atoms with Crippen molar-refractivity contribution in [3.63, 3.8) is 0 Å². The number of nitrogens with two attached hydrogens (primary N) is 1. The van der Waals surface area contributed by atoms with Crippen molar-refractivity contribution in [2.45, 2.75) is 34.6 Å². The average molecular weight is 278 g/mol. The Balaban J connectivity index is 0. The van der Waals surface area contributed by atoms with Crippen molar-refractivity contribution in [2.24, 2.45) is 11.7 Å². The predicted molar refractivity (Wildman–Crippen MR) is 75.9 cm³/mol. The van der Waals surface area contributed by atoms with Crippen LogP contribution in [0.15, 0.2) is 12.4 Å². The van der Waals surface area contributed by atoms with E-state index in [1.807, 2.05) is 27.7 Å². The Morgan fingerprint density at radius 2 is 2.11 bits per heavy atom. The Hall–Kier alpha value is -1.08. The number of rotatable bonds is 4. The van der Waals surface area contributed by atoms with Gasteiger partial charge in [-0.3, -0.25) is 4.79 Å². The van der Waals surface area contributed by atoms with Crippen molar-refractivity contribution in [1.82, 2.24) is 9.19 Å². The van der Waals surface area contributed by atoms with Crippen LogP contribution in [0.4, 0.5) is 9.57 Å². The van der Waals surface area contributed by atoms with Gasteiger partial charge in [0.05, 0.1) is 18.1 Å². The van der Waals surface area contributed by atoms with Gasteiger partial charge in [0.15, 0.2) is 12.3 Å². The number of hydrogen-bond donors (Lipinski definition) is 2. The minimum Gasteiger partial charge on any atom is -0.330 e. The van der Waals surface area contributed by atoms with Crippen LogP contribution in [0.2, 0.25) is 0 Å². The highest BCUT2D eigenvalue weighted by Gasteiger charge is 2.11. The molecule has 5 nitrogen and oxygen atoms in total. The molecule has 0 aliphatic heterocycles. The van der Waals surface area contributed by atoms with Gasteiger partial charge < -0.3 is 11.1 Å². The molecular weight excluding hydrogens is 255 g/mol. The van der Waals surface area contributed by atoms with Crippen molar-refractivity contribution in [1.29, 1.82) is 0 Å². The summed E-state index contributed by atoms with van der Waals surface area (Å²) in [5.41, 5.74) is 5.77. The first kappa shape index (κ1) is 19.3. The van der Waals surface area contributed by atoms with Crippen LogP contribution < -0.4 is 11.1 Å². The van der Waals surface area contributed by atoms with E-state index in [-0.39, 0.29) is 30.7 Å². The standard InChI is InChI=1S/C7H11FN4OS.2C2H6/c1-5(2-9)7(13)11-6-3-10-12(4-6)14-8;2*1-2/h3-5H,2,9H2,1H3,(H,11,13);2*1-2H3. The van der Waals surface area contributed by atoms with Gasteiger partial charge in [0.25, 0.3) is 0 Å². The van der Waals surface area contributed by atoms with E-state index < -0.39 is 0 Å². The smallest absolute Gasteiger partial charge is 0.228 e. The summed E-state index contributed by atoms with van der Waals surface area (Å²) >= 11 is -0.0396. The summed E-state index contributed by atoms with van der Waals surface area (Å²) in [5, 5.41) is 6.20. The molecule has 1 unspecified atom stereocenters. The number of halogens is 1. The van der Waals surface area contributed by atoms with Crippen LogP contribution in [0.5, 0.6) is 0 Å². The number of anilines is 1. The van der Waals surface area contributed by atoms with Gasteiger partial charge in [-0.2, -0.15) is 9.19 Å². The van der Waals surface area contributed by atoms with Crippen molar-refractivity contribution in [3.05, 3.63) is 12.4 Å². The maximum absolute atomic E-state index is 12.0. The van der Waals surface area contributed by atoms with Gasteiger partial charge in [0, 0.05) is 12.5 Å². The Morgan fingerprint density at radius 3 is 2.50 bits per heavy atom. The zero-order valence-corrected chi connectivity index (χ0v) is 12.4. The molecule has 1 aromatic heterocycles. The molecule has 0 radical (unpaired) electrons. The molecule has 0 saturated carbocycles. The maximum Gasteiger partial charge on any atom is 0.228 e. The van der Waals surface area contributed by atoms with Gasteiger partial charge >= 0.3 is 0 Å². The highest BCUT2D eigenvalue weighted by atomic mass is 32.2. The normalized spacial score (nSPS) is 10.4. The Kier molecular flexibility index (Phi) is 13.2. The Bertz CT molecular complexity index is 320. The Labute approximate surface area is 113 Å². The van der Waals surface area contributed by atoms with Crippen LogP contribution in [0.3, 0.4) is 0 Å². The third-order valence-electron chi connectivity index (χ3n) is 1.70. The van der Waals surface area contributed by atoms with E-state index in [1.165, 1.54) is 12.4 Å². The molecule has 0 aliphatic rings. The second-order valence-corrected chi connectivity index (χ2v) is 3.34. The number of aromatic nitrogens is 2. The third kappa shape index (κ3) is 7.29. The molecular formula is C11H23FN4OS. The van der Waals surface area contributed by atoms with Crippen LogP contribution in [0.1, 0.15) is 34.6 Å². The number of hydrogen-bond acceptors (Lipinski definition) is 4. The highest BCUT2D eigenvalue weighted by molar-refractivity contribution is 7.92. The lowest BCUT2D eigenvalue weighted by molar-refractivity contribution is -0.119. The van der Waals surface area contributed by atoms with Crippen molar-refractivity contribution in [2.75, 3.05) is 11.9 Å². The van der Waals surface area contributed by atoms with E-state index in [9.17, 15) is 8.68 Å². The molecule has 7 heteroatoms. The summed E-state index contributed by atoms with van der Waals surface area (Å²) in [5.74, 6) is -0.465. The summed E-state index contributed by atoms with van der Waals surface area (Å²) in [4.78, 5) is 11.3. The molecule has 0 spiro atoms. The predicted octanol–water partition coefficient (Wildman–Crippen LogP) is 2.85. The fraction of sp³-hybridized carbons (Fsp3) is 0.636. The largest absolute Gasteiger partial charge is 0.330 e. The molecule has 1 amide bonds. The van der Waals surface area contributed by atoms with Crippen molar-refractivity contribution >= 4 is 23.9 Å². The van der Waals surface area contributed by atoms with Crippen molar-refractivity contribution in [3.8, 4) is 0 Å². The molecule has 0 fully saturated rings. The topological polar surface area (TPSA) is 72.9 Å². The quantitative estimate of drug-likeness (QED) is 0.888. The Morgan fingerprint density at radius 1 is 1.56 bits per heavy atom. The molecule has 1 aromatic rings. The summed E-state index contributed by atoms with van der Waals surface area (Å²) in [6.45, 7) is 9.99. The molecule has 1 atom stereocenters. The van der Waals surface area contributed by atoms with Gasteiger partial charge in [-0.05, 0) is 0 Å². The first-order valence-electron chi connectivity index (χ1n) is 6.02. The number of amides is 1. The minimum atomic E-state index is -0.267. The van der Waals surface area contributed by atoms with Gasteiger partial charge in [-0.15, -0.1) is 3.89 Å². The molecule has 1 heterocycles. The summed E-state index contributed by atoms with van der Waals surface area (Å²) < 4.78 is 13.0. The lowest BCUT2D eigenvalue weighted by atomic mass is 10.2. The number of carbonyl (C=O) groups is 1. The SMILES string of the molecule is CC.CC.CC(CN)C(=O)Nc1cnn(SF)c1. The van der Waals surface area contributed by atoms with Gasteiger partial charge in [0.1, 0.15) is 0 Å². The molecule has 0 bridgehead atoms. The second kappa shape index (κ2) is 12.4. The number of nitrogens with one attached hydrogen (secondary N) is 1. The molecule has 1 rings (SSSR count). The third-order valence-corrected chi connectivity index (χ3v) is 2.04. The first-order chi connectivity index (χ1) is 8.67. The van der Waals surface area contributed by atoms with E-state index >= 15 is 0 Å². The first-order valence-corrected chi connectivity index (χ1v) is 6.69. The summed E-state index contributed by atoms with van der Waals surface area (Å²) in [7, 11) is 0. The van der Waals surface area contributed by atoms with E-state index in [0.29, 0.717) is 5.69 Å². The lowest BCUT2D eigenvalue weighted by Crippen LogP contribution is -2.26. The number of nitrogens with zero attached hydrogens (tertiary/aromatic N) is 2. The second-order valence-electron chi connectivity index (χ2n) is 2.83. The maximum atomic E-state index is 12.0. The number of carbonyl (C=O) groups excluding carboxylic acids is 1. The molecule has 0 aliphatic carbocycles. The highest BCUT2D eigenvalue weighted by Crippen LogP contribution is 2.12. The molecule has 18 heavy (non-hydrogen) atoms. The van der Waals surface area contributed by atoms with E-state index in [4.69, 9.17) is 5.73 Å². The molecule has 0 aromatic carbocycles. The van der Waals surface area contributed by atoms with E-state index in [0.717, 1.165) is 4.09 Å². The van der Waals surface area contributed by atoms with Gasteiger partial charge in [-0.25, -0.2) is 0 Å². The fourth-order valence-electron chi connectivity index (χ4n) is 0.780. The van der Waals surface area contributed by atoms with Crippen LogP contribution in [0.25, 0.3) is 0 Å². The fourth-order valence-corrected chi connectivity index (χ4v) is 1.02. The molecule has 3 N–H and O–H groups in total. The average Bonchev–Trinajstić information content (AvgIpc) is 2.89. The molecule has 106 valence electrons. The summed E-state index contributed by atoms with van der Waals surface area (Å²) in [6, 6.07) is 0. The summed E-state index contributed by atoms with van der Waals surface area (Å²) in [6.07, 6.45) is 2.75. The van der Waals surface area contributed by atoms with E-state index in [1.54, 1.807) is 6.92 Å². The van der Waals surface area contributed by atoms with Crippen molar-refractivity contribution < 1.29 is 8.68 Å². The van der Waals surface area contributed by atoms with E-state index in [2.05, 4.69) is 10.4 Å². The zero-order valence-electron chi connectivity index (χ0n) is 11.6. The van der Waals surface area contributed by atoms with Crippen LogP contribution in [-0.4, -0.2) is 21.6 Å². The van der Waals surface area contributed by atoms with Crippen LogP contribution in [0, 0.1) is 5.92 Å². The monoisotopic (exact) mass is 278 g/mol. The molecule has 0 saturated heterocycles. The lowest BCUT2D eigenvalue weighted by Gasteiger charge is -2.07. The van der Waals surface area contributed by atoms with Crippen LogP contribution in [-0.2, 0) is 4.79 Å². The minimum absolute atomic E-state index is 0.0396. The van der Waals surface area contributed by atoms with Crippen LogP contribution >= 0.6 is 12.3 Å². The van der Waals surface area contributed by atoms with Gasteiger partial charge in [-0.1, -0.05) is 34.6 Å².